The molecule has 14 heavy (non-hydrogen) atoms. The van der Waals surface area contributed by atoms with Crippen molar-refractivity contribution in [3.05, 3.63) is 23.8 Å². The average Bonchev–Trinajstić information content (AvgIpc) is 2.02. The maximum atomic E-state index is 10.8. The highest BCUT2D eigenvalue weighted by Gasteiger charge is 2.16. The van der Waals surface area contributed by atoms with Crippen molar-refractivity contribution in [2.45, 2.75) is 24.7 Å². The van der Waals surface area contributed by atoms with Gasteiger partial charge < -0.3 is 5.11 Å². The van der Waals surface area contributed by atoms with Crippen molar-refractivity contribution in [3.63, 3.8) is 0 Å². The van der Waals surface area contributed by atoms with Crippen molar-refractivity contribution >= 4 is 10.1 Å². The molecule has 4 nitrogen and oxygen atoms in total. The molecule has 0 radical (unpaired) electrons. The van der Waals surface area contributed by atoms with Crippen LogP contribution in [0.15, 0.2) is 23.1 Å². The lowest BCUT2D eigenvalue weighted by Crippen LogP contribution is -2.00. The van der Waals surface area contributed by atoms with Gasteiger partial charge in [0, 0.05) is 0 Å². The van der Waals surface area contributed by atoms with E-state index in [-0.39, 0.29) is 5.92 Å². The second kappa shape index (κ2) is 3.59. The van der Waals surface area contributed by atoms with Gasteiger partial charge in [-0.3, -0.25) is 4.55 Å². The molecule has 0 atom stereocenters. The third-order valence-electron chi connectivity index (χ3n) is 1.93. The van der Waals surface area contributed by atoms with Crippen molar-refractivity contribution in [3.8, 4) is 5.75 Å². The third-order valence-corrected chi connectivity index (χ3v) is 2.81. The summed E-state index contributed by atoms with van der Waals surface area (Å²) in [6, 6.07) is 4.16. The van der Waals surface area contributed by atoms with E-state index >= 15 is 0 Å². The van der Waals surface area contributed by atoms with Crippen LogP contribution in [-0.2, 0) is 10.1 Å². The fourth-order valence-corrected chi connectivity index (χ4v) is 1.71. The highest BCUT2D eigenvalue weighted by atomic mass is 32.2. The molecule has 0 aliphatic rings. The quantitative estimate of drug-likeness (QED) is 0.739. The van der Waals surface area contributed by atoms with E-state index in [9.17, 15) is 13.5 Å². The first kappa shape index (κ1) is 11.0. The Labute approximate surface area is 82.9 Å². The summed E-state index contributed by atoms with van der Waals surface area (Å²) in [5.74, 6) is -0.298. The zero-order chi connectivity index (χ0) is 10.9. The Morgan fingerprint density at radius 2 is 1.86 bits per heavy atom. The molecule has 0 aliphatic heterocycles. The molecule has 0 bridgehead atoms. The molecule has 0 amide bonds. The zero-order valence-corrected chi connectivity index (χ0v) is 8.75. The van der Waals surface area contributed by atoms with Gasteiger partial charge in [-0.1, -0.05) is 19.9 Å². The van der Waals surface area contributed by atoms with E-state index in [1.165, 1.54) is 12.1 Å². The van der Waals surface area contributed by atoms with E-state index in [1.54, 1.807) is 6.07 Å². The minimum absolute atomic E-state index is 0.135. The van der Waals surface area contributed by atoms with Gasteiger partial charge in [0.15, 0.2) is 0 Å². The minimum atomic E-state index is -4.34. The van der Waals surface area contributed by atoms with Crippen LogP contribution < -0.4 is 0 Å². The first-order valence-corrected chi connectivity index (χ1v) is 5.57. The lowest BCUT2D eigenvalue weighted by molar-refractivity contribution is 0.442. The Bertz CT molecular complexity index is 434. The summed E-state index contributed by atoms with van der Waals surface area (Å²) in [5.41, 5.74) is 0.746. The predicted molar refractivity (Wildman–Crippen MR) is 52.0 cm³/mol. The number of phenolic OH excluding ortho intramolecular Hbond substituents is 1. The fourth-order valence-electron chi connectivity index (χ4n) is 1.10. The van der Waals surface area contributed by atoms with Crippen LogP contribution in [0.3, 0.4) is 0 Å². The second-order valence-corrected chi connectivity index (χ2v) is 4.75. The lowest BCUT2D eigenvalue weighted by atomic mass is 10.0. The number of benzene rings is 1. The highest BCUT2D eigenvalue weighted by molar-refractivity contribution is 7.86. The molecule has 2 N–H and O–H groups in total. The van der Waals surface area contributed by atoms with Crippen LogP contribution in [0.25, 0.3) is 0 Å². The minimum Gasteiger partial charge on any atom is -0.506 e. The molecule has 0 fully saturated rings. The average molecular weight is 216 g/mol. The largest absolute Gasteiger partial charge is 0.506 e. The Morgan fingerprint density at radius 3 is 2.29 bits per heavy atom. The topological polar surface area (TPSA) is 74.6 Å². The van der Waals surface area contributed by atoms with E-state index in [0.29, 0.717) is 0 Å². The van der Waals surface area contributed by atoms with Crippen molar-refractivity contribution in [2.24, 2.45) is 0 Å². The molecule has 5 heteroatoms. The van der Waals surface area contributed by atoms with E-state index < -0.39 is 20.8 Å². The van der Waals surface area contributed by atoms with E-state index in [4.69, 9.17) is 4.55 Å². The Morgan fingerprint density at radius 1 is 1.29 bits per heavy atom. The normalized spacial score (nSPS) is 12.0. The molecular weight excluding hydrogens is 204 g/mol. The predicted octanol–water partition coefficient (Wildman–Crippen LogP) is 1.76. The summed E-state index contributed by atoms with van der Waals surface area (Å²) in [6.07, 6.45) is 0. The van der Waals surface area contributed by atoms with Gasteiger partial charge in [0.2, 0.25) is 0 Å². The molecular formula is C9H12O4S. The van der Waals surface area contributed by atoms with Crippen molar-refractivity contribution in [1.29, 1.82) is 0 Å². The van der Waals surface area contributed by atoms with Gasteiger partial charge in [0.25, 0.3) is 10.1 Å². The maximum Gasteiger partial charge on any atom is 0.298 e. The molecule has 1 rings (SSSR count). The van der Waals surface area contributed by atoms with Crippen molar-refractivity contribution in [2.75, 3.05) is 0 Å². The molecule has 0 saturated heterocycles. The Hall–Kier alpha value is -1.07. The number of aromatic hydroxyl groups is 1. The summed E-state index contributed by atoms with van der Waals surface area (Å²) in [6.45, 7) is 3.78. The van der Waals surface area contributed by atoms with Crippen LogP contribution in [0.5, 0.6) is 5.75 Å². The van der Waals surface area contributed by atoms with Crippen LogP contribution in [0.4, 0.5) is 0 Å². The first-order valence-electron chi connectivity index (χ1n) is 4.13. The molecule has 0 spiro atoms. The van der Waals surface area contributed by atoms with Gasteiger partial charge in [0.1, 0.15) is 10.6 Å². The summed E-state index contributed by atoms with van der Waals surface area (Å²) >= 11 is 0. The fraction of sp³-hybridized carbons (Fsp3) is 0.333. The van der Waals surface area contributed by atoms with Gasteiger partial charge in [-0.15, -0.1) is 0 Å². The zero-order valence-electron chi connectivity index (χ0n) is 7.93. The van der Waals surface area contributed by atoms with Gasteiger partial charge in [-0.2, -0.15) is 8.42 Å². The molecule has 0 aliphatic carbocycles. The van der Waals surface area contributed by atoms with Crippen LogP contribution in [-0.4, -0.2) is 18.1 Å². The molecule has 0 heterocycles. The number of rotatable bonds is 2. The monoisotopic (exact) mass is 216 g/mol. The number of hydrogen-bond acceptors (Lipinski definition) is 3. The van der Waals surface area contributed by atoms with Gasteiger partial charge in [-0.25, -0.2) is 0 Å². The number of hydrogen-bond donors (Lipinski definition) is 2. The van der Waals surface area contributed by atoms with Gasteiger partial charge >= 0.3 is 0 Å². The summed E-state index contributed by atoms with van der Waals surface area (Å²) in [5, 5.41) is 9.21. The molecule has 1 aromatic carbocycles. The summed E-state index contributed by atoms with van der Waals surface area (Å²) < 4.78 is 30.4. The molecule has 1 aromatic rings. The Balaban J connectivity index is 3.37. The van der Waals surface area contributed by atoms with Crippen molar-refractivity contribution < 1.29 is 18.1 Å². The van der Waals surface area contributed by atoms with Crippen LogP contribution >= 0.6 is 0 Å². The summed E-state index contributed by atoms with van der Waals surface area (Å²) in [4.78, 5) is -0.441. The standard InChI is InChI=1S/C9H12O4S/c1-6(2)7-3-4-8(10)9(5-7)14(11,12)13/h3-6,10H,1-2H3,(H,11,12,13). The molecule has 0 aromatic heterocycles. The van der Waals surface area contributed by atoms with Gasteiger partial charge in [0.05, 0.1) is 0 Å². The first-order chi connectivity index (χ1) is 6.32. The molecule has 0 saturated carbocycles. The molecule has 78 valence electrons. The number of phenols is 1. The van der Waals surface area contributed by atoms with Gasteiger partial charge in [-0.05, 0) is 23.6 Å². The van der Waals surface area contributed by atoms with E-state index in [0.717, 1.165) is 5.56 Å². The van der Waals surface area contributed by atoms with E-state index in [2.05, 4.69) is 0 Å². The van der Waals surface area contributed by atoms with E-state index in [1.807, 2.05) is 13.8 Å². The van der Waals surface area contributed by atoms with Crippen LogP contribution in [0.1, 0.15) is 25.3 Å². The smallest absolute Gasteiger partial charge is 0.298 e. The Kier molecular flexibility index (Phi) is 2.82. The highest BCUT2D eigenvalue weighted by Crippen LogP contribution is 2.26. The summed E-state index contributed by atoms with van der Waals surface area (Å²) in [7, 11) is -4.34. The SMILES string of the molecule is CC(C)c1ccc(O)c(S(=O)(=O)O)c1. The van der Waals surface area contributed by atoms with Crippen LogP contribution in [0.2, 0.25) is 0 Å². The van der Waals surface area contributed by atoms with Crippen LogP contribution in [0, 0.1) is 0 Å². The third kappa shape index (κ3) is 2.24. The maximum absolute atomic E-state index is 10.8. The molecule has 0 unspecified atom stereocenters. The second-order valence-electron chi connectivity index (χ2n) is 3.36. The lowest BCUT2D eigenvalue weighted by Gasteiger charge is -2.07. The van der Waals surface area contributed by atoms with Crippen molar-refractivity contribution in [1.82, 2.24) is 0 Å².